The van der Waals surface area contributed by atoms with Crippen molar-refractivity contribution in [3.05, 3.63) is 0 Å². The molecule has 0 amide bonds. The molecule has 0 aromatic heterocycles. The average molecular weight is 201 g/mol. The maximum atomic E-state index is 11.5. The van der Waals surface area contributed by atoms with Crippen LogP contribution in [-0.2, 0) is 10.1 Å². The van der Waals surface area contributed by atoms with Crippen LogP contribution < -0.4 is 0 Å². The van der Waals surface area contributed by atoms with Crippen LogP contribution in [0, 0.1) is 0 Å². The predicted molar refractivity (Wildman–Crippen MR) is 17.7 cm³/mol. The molecule has 2 nitrogen and oxygen atoms in total. The molecule has 0 N–H and O–H groups in total. The van der Waals surface area contributed by atoms with Crippen molar-refractivity contribution in [1.29, 1.82) is 0 Å². The Morgan fingerprint density at radius 3 is 1.25 bits per heavy atom. The van der Waals surface area contributed by atoms with Gasteiger partial charge < -0.3 is 0 Å². The molecule has 0 aromatic rings. The summed E-state index contributed by atoms with van der Waals surface area (Å²) in [4.78, 5) is 1.48. The lowest BCUT2D eigenvalue weighted by Crippen LogP contribution is -2.52. The number of hydrogen-bond donors (Lipinski definition) is 0. The second kappa shape index (κ2) is 2.73. The van der Waals surface area contributed by atoms with E-state index in [9.17, 15) is 30.7 Å². The fourth-order valence-corrected chi connectivity index (χ4v) is 0.217. The molecule has 0 aliphatic rings. The van der Waals surface area contributed by atoms with Crippen LogP contribution in [0.15, 0.2) is 0 Å². The molecule has 0 atom stereocenters. The fraction of sp³-hybridized carbons (Fsp3) is 1.00. The third-order valence-corrected chi connectivity index (χ3v) is 0.826. The summed E-state index contributed by atoms with van der Waals surface area (Å²) in [5.41, 5.74) is 0. The minimum atomic E-state index is -6.53. The minimum absolute atomic E-state index is 1.48. The van der Waals surface area contributed by atoms with Gasteiger partial charge in [0.2, 0.25) is 0 Å². The van der Waals surface area contributed by atoms with Crippen LogP contribution in [0.4, 0.5) is 30.7 Å². The minimum Gasteiger partial charge on any atom is -0.186 e. The van der Waals surface area contributed by atoms with E-state index in [2.05, 4.69) is 0 Å². The predicted octanol–water partition coefficient (Wildman–Crippen LogP) is 2.14. The van der Waals surface area contributed by atoms with Gasteiger partial charge in [-0.2, -0.15) is 30.7 Å². The zero-order valence-corrected chi connectivity index (χ0v) is 4.96. The van der Waals surface area contributed by atoms with Gasteiger partial charge in [0, 0.05) is 0 Å². The summed E-state index contributed by atoms with van der Waals surface area (Å²) in [5.74, 6) is -6.48. The molecule has 73 valence electrons. The first-order valence-electron chi connectivity index (χ1n) is 2.19. The van der Waals surface area contributed by atoms with E-state index in [0.29, 0.717) is 0 Å². The van der Waals surface area contributed by atoms with Gasteiger partial charge in [-0.1, -0.05) is 0 Å². The van der Waals surface area contributed by atoms with Gasteiger partial charge >= 0.3 is 18.2 Å². The van der Waals surface area contributed by atoms with E-state index in [0.717, 1.165) is 0 Å². The molecule has 0 heterocycles. The van der Waals surface area contributed by atoms with Gasteiger partial charge in [-0.15, -0.1) is 4.89 Å². The molecule has 0 fully saturated rings. The first kappa shape index (κ1) is 11.4. The number of rotatable bonds is 2. The zero-order valence-electron chi connectivity index (χ0n) is 4.96. The van der Waals surface area contributed by atoms with Crippen molar-refractivity contribution in [2.45, 2.75) is 18.2 Å². The lowest BCUT2D eigenvalue weighted by Gasteiger charge is -2.23. The van der Waals surface area contributed by atoms with E-state index in [4.69, 9.17) is 5.26 Å². The molecule has 12 heavy (non-hydrogen) atoms. The Morgan fingerprint density at radius 1 is 0.833 bits per heavy atom. The maximum absolute atomic E-state index is 11.5. The first-order valence-corrected chi connectivity index (χ1v) is 2.19. The van der Waals surface area contributed by atoms with E-state index >= 15 is 0 Å². The molecule has 9 heteroatoms. The topological polar surface area (TPSA) is 29.1 Å². The summed E-state index contributed by atoms with van der Waals surface area (Å²) in [7, 11) is 0. The molecule has 0 aromatic carbocycles. The smallest absolute Gasteiger partial charge is 0.186 e. The van der Waals surface area contributed by atoms with E-state index < -0.39 is 18.2 Å². The number of halogens is 7. The van der Waals surface area contributed by atoms with E-state index in [-0.39, 0.29) is 0 Å². The normalized spacial score (nSPS) is 15.0. The summed E-state index contributed by atoms with van der Waals surface area (Å²) >= 11 is 0. The number of hydrogen-bond acceptors (Lipinski definition) is 1. The van der Waals surface area contributed by atoms with Crippen molar-refractivity contribution in [2.24, 2.45) is 0 Å². The lowest BCUT2D eigenvalue weighted by atomic mass is 10.3. The van der Waals surface area contributed by atoms with Crippen molar-refractivity contribution >= 4 is 0 Å². The largest absolute Gasteiger partial charge is 0.462 e. The van der Waals surface area contributed by atoms with Crippen molar-refractivity contribution in [3.8, 4) is 0 Å². The van der Waals surface area contributed by atoms with E-state index in [1.807, 2.05) is 0 Å². The van der Waals surface area contributed by atoms with Crippen LogP contribution in [0.3, 0.4) is 0 Å². The zero-order chi connectivity index (χ0) is 10.2. The van der Waals surface area contributed by atoms with Gasteiger partial charge in [-0.3, -0.25) is 0 Å². The first-order chi connectivity index (χ1) is 5.06. The van der Waals surface area contributed by atoms with Gasteiger partial charge in [-0.25, -0.2) is 0 Å². The van der Waals surface area contributed by atoms with Gasteiger partial charge in [0.05, 0.1) is 0 Å². The average Bonchev–Trinajstić information content (AvgIpc) is 1.85. The van der Waals surface area contributed by atoms with Crippen LogP contribution in [0.5, 0.6) is 0 Å². The molecule has 0 rings (SSSR count). The van der Waals surface area contributed by atoms with E-state index in [1.165, 1.54) is 4.89 Å². The lowest BCUT2D eigenvalue weighted by molar-refractivity contribution is -0.523. The Kier molecular flexibility index (Phi) is 2.60. The van der Waals surface area contributed by atoms with Crippen LogP contribution >= 0.6 is 0 Å². The number of alkyl halides is 7. The fourth-order valence-electron chi connectivity index (χ4n) is 0.217. The van der Waals surface area contributed by atoms with Gasteiger partial charge in [0.15, 0.2) is 0 Å². The highest BCUT2D eigenvalue weighted by atomic mass is 19.4. The molecule has 0 aliphatic heterocycles. The Hall–Kier alpha value is -0.570. The molecular weight excluding hydrogens is 201 g/mol. The second-order valence-electron chi connectivity index (χ2n) is 1.67. The monoisotopic (exact) mass is 201 g/mol. The van der Waals surface area contributed by atoms with Crippen LogP contribution in [0.1, 0.15) is 0 Å². The summed E-state index contributed by atoms with van der Waals surface area (Å²) in [5, 5.41) is 8.81. The third kappa shape index (κ3) is 1.61. The molecule has 0 bridgehead atoms. The quantitative estimate of drug-likeness (QED) is 0.382. The van der Waals surface area contributed by atoms with Gasteiger partial charge in [0.1, 0.15) is 0 Å². The maximum Gasteiger partial charge on any atom is 0.462 e. The van der Waals surface area contributed by atoms with Crippen LogP contribution in [0.25, 0.3) is 0 Å². The Morgan fingerprint density at radius 2 is 1.17 bits per heavy atom. The molecule has 1 radical (unpaired) electrons. The highest BCUT2D eigenvalue weighted by Crippen LogP contribution is 2.46. The molecule has 0 unspecified atom stereocenters. The third-order valence-electron chi connectivity index (χ3n) is 0.826. The highest BCUT2D eigenvalue weighted by molar-refractivity contribution is 4.83. The van der Waals surface area contributed by atoms with Crippen LogP contribution in [0.2, 0.25) is 0 Å². The van der Waals surface area contributed by atoms with Gasteiger partial charge in [-0.05, 0) is 5.26 Å². The van der Waals surface area contributed by atoms with Crippen molar-refractivity contribution in [3.63, 3.8) is 0 Å². The summed E-state index contributed by atoms with van der Waals surface area (Å²) in [6.07, 6.45) is -12.6. The summed E-state index contributed by atoms with van der Waals surface area (Å²) in [6, 6.07) is 0. The Labute approximate surface area is 60.5 Å². The summed E-state index contributed by atoms with van der Waals surface area (Å²) in [6.45, 7) is 0. The highest BCUT2D eigenvalue weighted by Gasteiger charge is 2.75. The second-order valence-corrected chi connectivity index (χ2v) is 1.67. The van der Waals surface area contributed by atoms with Crippen molar-refractivity contribution in [2.75, 3.05) is 0 Å². The van der Waals surface area contributed by atoms with E-state index in [1.54, 1.807) is 0 Å². The standard InChI is InChI=1S/C3F7O2/c4-1(5,2(6,7)8)3(9,10)12-11. The van der Waals surface area contributed by atoms with Crippen LogP contribution in [-0.4, -0.2) is 18.2 Å². The molecule has 0 saturated heterocycles. The molecule has 0 spiro atoms. The molecule has 0 aliphatic carbocycles. The van der Waals surface area contributed by atoms with Crippen molar-refractivity contribution in [1.82, 2.24) is 0 Å². The molecule has 0 saturated carbocycles. The summed E-state index contributed by atoms with van der Waals surface area (Å²) < 4.78 is 79.1. The van der Waals surface area contributed by atoms with Crippen molar-refractivity contribution < 1.29 is 40.9 Å². The Balaban J connectivity index is 4.85. The van der Waals surface area contributed by atoms with Gasteiger partial charge in [0.25, 0.3) is 0 Å². The Bertz CT molecular complexity index is 161. The molecular formula is C3F7O2. The SMILES string of the molecule is [O]OC(F)(F)C(F)(F)C(F)(F)F.